The zero-order valence-corrected chi connectivity index (χ0v) is 13.1. The molecule has 2 aromatic heterocycles. The van der Waals surface area contributed by atoms with Gasteiger partial charge in [-0.25, -0.2) is 0 Å². The summed E-state index contributed by atoms with van der Waals surface area (Å²) >= 11 is 1.72. The first-order valence-electron chi connectivity index (χ1n) is 7.12. The molecule has 3 nitrogen and oxygen atoms in total. The van der Waals surface area contributed by atoms with Gasteiger partial charge in [-0.2, -0.15) is 0 Å². The van der Waals surface area contributed by atoms with Crippen LogP contribution >= 0.6 is 11.3 Å². The largest absolute Gasteiger partial charge is 0.395 e. The van der Waals surface area contributed by atoms with Crippen molar-refractivity contribution >= 4 is 11.3 Å². The molecule has 0 aliphatic carbocycles. The Morgan fingerprint density at radius 1 is 1.24 bits per heavy atom. The summed E-state index contributed by atoms with van der Waals surface area (Å²) in [4.78, 5) is 9.11. The van der Waals surface area contributed by atoms with Crippen molar-refractivity contribution in [1.29, 1.82) is 0 Å². The van der Waals surface area contributed by atoms with Gasteiger partial charge in [0.2, 0.25) is 0 Å². The van der Waals surface area contributed by atoms with E-state index in [0.717, 1.165) is 30.2 Å². The van der Waals surface area contributed by atoms with Gasteiger partial charge >= 0.3 is 0 Å². The van der Waals surface area contributed by atoms with Crippen molar-refractivity contribution in [1.82, 2.24) is 9.88 Å². The van der Waals surface area contributed by atoms with Crippen LogP contribution in [0.25, 0.3) is 0 Å². The number of aliphatic hydroxyl groups is 1. The second-order valence-corrected chi connectivity index (χ2v) is 5.83. The molecule has 0 aliphatic heterocycles. The predicted octanol–water partition coefficient (Wildman–Crippen LogP) is 2.90. The topological polar surface area (TPSA) is 36.4 Å². The van der Waals surface area contributed by atoms with Crippen LogP contribution in [0.5, 0.6) is 0 Å². The van der Waals surface area contributed by atoms with Gasteiger partial charge in [0.05, 0.1) is 17.2 Å². The fourth-order valence-corrected chi connectivity index (χ4v) is 2.88. The SMILES string of the molecule is CCN(Cc1ccccn1)Cc1ccc(C#CCCO)s1. The predicted molar refractivity (Wildman–Crippen MR) is 86.9 cm³/mol. The average molecular weight is 300 g/mol. The zero-order chi connectivity index (χ0) is 14.9. The van der Waals surface area contributed by atoms with Crippen LogP contribution in [0.15, 0.2) is 36.5 Å². The number of aliphatic hydroxyl groups excluding tert-OH is 1. The van der Waals surface area contributed by atoms with E-state index in [4.69, 9.17) is 5.11 Å². The summed E-state index contributed by atoms with van der Waals surface area (Å²) in [7, 11) is 0. The molecular weight excluding hydrogens is 280 g/mol. The highest BCUT2D eigenvalue weighted by Crippen LogP contribution is 2.18. The highest BCUT2D eigenvalue weighted by Gasteiger charge is 2.07. The molecule has 4 heteroatoms. The lowest BCUT2D eigenvalue weighted by Gasteiger charge is -2.18. The van der Waals surface area contributed by atoms with Gasteiger partial charge < -0.3 is 5.11 Å². The Bertz CT molecular complexity index is 598. The van der Waals surface area contributed by atoms with E-state index in [0.29, 0.717) is 6.42 Å². The lowest BCUT2D eigenvalue weighted by molar-refractivity contribution is 0.270. The Morgan fingerprint density at radius 3 is 2.86 bits per heavy atom. The van der Waals surface area contributed by atoms with E-state index in [1.165, 1.54) is 4.88 Å². The van der Waals surface area contributed by atoms with Crippen LogP contribution in [0.1, 0.15) is 28.8 Å². The number of hydrogen-bond donors (Lipinski definition) is 1. The molecule has 0 amide bonds. The quantitative estimate of drug-likeness (QED) is 0.833. The van der Waals surface area contributed by atoms with E-state index in [1.807, 2.05) is 18.3 Å². The minimum Gasteiger partial charge on any atom is -0.395 e. The standard InChI is InChI=1S/C17H20N2OS/c1-2-19(13-15-7-3-5-11-18-15)14-17-10-9-16(21-17)8-4-6-12-20/h3,5,7,9-11,20H,2,6,12-14H2,1H3. The summed E-state index contributed by atoms with van der Waals surface area (Å²) in [6, 6.07) is 10.2. The summed E-state index contributed by atoms with van der Waals surface area (Å²) < 4.78 is 0. The van der Waals surface area contributed by atoms with Gasteiger partial charge in [0.1, 0.15) is 0 Å². The lowest BCUT2D eigenvalue weighted by atomic mass is 10.3. The minimum absolute atomic E-state index is 0.124. The average Bonchev–Trinajstić information content (AvgIpc) is 2.95. The van der Waals surface area contributed by atoms with Crippen molar-refractivity contribution in [3.63, 3.8) is 0 Å². The molecule has 0 bridgehead atoms. The van der Waals surface area contributed by atoms with Gasteiger partial charge in [-0.1, -0.05) is 24.8 Å². The maximum Gasteiger partial charge on any atom is 0.0771 e. The molecule has 0 aromatic carbocycles. The van der Waals surface area contributed by atoms with Crippen LogP contribution in [0, 0.1) is 11.8 Å². The van der Waals surface area contributed by atoms with Crippen molar-refractivity contribution in [3.8, 4) is 11.8 Å². The highest BCUT2D eigenvalue weighted by molar-refractivity contribution is 7.12. The Labute approximate surface area is 130 Å². The Hall–Kier alpha value is -1.67. The monoisotopic (exact) mass is 300 g/mol. The Kier molecular flexibility index (Phi) is 6.42. The first kappa shape index (κ1) is 15.7. The van der Waals surface area contributed by atoms with Crippen LogP contribution in [0.2, 0.25) is 0 Å². The van der Waals surface area contributed by atoms with Crippen molar-refractivity contribution in [2.75, 3.05) is 13.2 Å². The van der Waals surface area contributed by atoms with Crippen molar-refractivity contribution < 1.29 is 5.11 Å². The number of thiophene rings is 1. The summed E-state index contributed by atoms with van der Waals surface area (Å²) in [5, 5.41) is 8.73. The first-order chi connectivity index (χ1) is 10.3. The lowest BCUT2D eigenvalue weighted by Crippen LogP contribution is -2.22. The molecule has 0 saturated heterocycles. The highest BCUT2D eigenvalue weighted by atomic mass is 32.1. The smallest absolute Gasteiger partial charge is 0.0771 e. The van der Waals surface area contributed by atoms with Crippen LogP contribution in [0.3, 0.4) is 0 Å². The van der Waals surface area contributed by atoms with Gasteiger partial charge in [-0.3, -0.25) is 9.88 Å². The molecule has 0 unspecified atom stereocenters. The fourth-order valence-electron chi connectivity index (χ4n) is 1.96. The normalized spacial score (nSPS) is 10.4. The van der Waals surface area contributed by atoms with Crippen molar-refractivity contribution in [2.24, 2.45) is 0 Å². The van der Waals surface area contributed by atoms with E-state index < -0.39 is 0 Å². The third kappa shape index (κ3) is 5.31. The molecule has 0 atom stereocenters. The van der Waals surface area contributed by atoms with E-state index >= 15 is 0 Å². The van der Waals surface area contributed by atoms with Crippen molar-refractivity contribution in [3.05, 3.63) is 52.0 Å². The number of hydrogen-bond acceptors (Lipinski definition) is 4. The molecule has 2 heterocycles. The molecule has 2 rings (SSSR count). The number of pyridine rings is 1. The zero-order valence-electron chi connectivity index (χ0n) is 12.2. The van der Waals surface area contributed by atoms with E-state index in [-0.39, 0.29) is 6.61 Å². The third-order valence-corrected chi connectivity index (χ3v) is 4.03. The van der Waals surface area contributed by atoms with Gasteiger partial charge in [0, 0.05) is 30.6 Å². The van der Waals surface area contributed by atoms with Gasteiger partial charge in [0.15, 0.2) is 0 Å². The fraction of sp³-hybridized carbons (Fsp3) is 0.353. The van der Waals surface area contributed by atoms with Crippen LogP contribution in [-0.4, -0.2) is 28.1 Å². The van der Waals surface area contributed by atoms with Crippen LogP contribution in [0.4, 0.5) is 0 Å². The number of nitrogens with zero attached hydrogens (tertiary/aromatic N) is 2. The second kappa shape index (κ2) is 8.58. The minimum atomic E-state index is 0.124. The molecule has 1 N–H and O–H groups in total. The summed E-state index contributed by atoms with van der Waals surface area (Å²) in [5.74, 6) is 6.04. The van der Waals surface area contributed by atoms with Gasteiger partial charge in [-0.05, 0) is 30.8 Å². The molecule has 0 radical (unpaired) electrons. The molecule has 0 spiro atoms. The molecule has 21 heavy (non-hydrogen) atoms. The summed E-state index contributed by atoms with van der Waals surface area (Å²) in [6.07, 6.45) is 2.37. The van der Waals surface area contributed by atoms with Crippen LogP contribution < -0.4 is 0 Å². The molecule has 110 valence electrons. The van der Waals surface area contributed by atoms with Gasteiger partial charge in [-0.15, -0.1) is 11.3 Å². The summed E-state index contributed by atoms with van der Waals surface area (Å²) in [6.45, 7) is 5.05. The van der Waals surface area contributed by atoms with Gasteiger partial charge in [0.25, 0.3) is 0 Å². The van der Waals surface area contributed by atoms with E-state index in [9.17, 15) is 0 Å². The molecule has 0 fully saturated rings. The molecular formula is C17H20N2OS. The van der Waals surface area contributed by atoms with Crippen molar-refractivity contribution in [2.45, 2.75) is 26.4 Å². The Morgan fingerprint density at radius 2 is 2.14 bits per heavy atom. The Balaban J connectivity index is 1.94. The summed E-state index contributed by atoms with van der Waals surface area (Å²) in [5.41, 5.74) is 1.10. The third-order valence-electron chi connectivity index (χ3n) is 3.05. The number of rotatable bonds is 6. The molecule has 2 aromatic rings. The van der Waals surface area contributed by atoms with E-state index in [2.05, 4.69) is 46.8 Å². The molecule has 0 saturated carbocycles. The first-order valence-corrected chi connectivity index (χ1v) is 7.94. The second-order valence-electron chi connectivity index (χ2n) is 4.67. The van der Waals surface area contributed by atoms with Crippen LogP contribution in [-0.2, 0) is 13.1 Å². The molecule has 0 aliphatic rings. The van der Waals surface area contributed by atoms with E-state index in [1.54, 1.807) is 11.3 Å². The maximum atomic E-state index is 8.73. The number of aromatic nitrogens is 1. The maximum absolute atomic E-state index is 8.73.